The van der Waals surface area contributed by atoms with Crippen LogP contribution in [0.4, 0.5) is 0 Å². The second kappa shape index (κ2) is 13.2. The maximum atomic E-state index is 11.3. The first-order valence-corrected chi connectivity index (χ1v) is 10.3. The third-order valence-electron chi connectivity index (χ3n) is 3.32. The minimum absolute atomic E-state index is 0. The van der Waals surface area contributed by atoms with Crippen molar-refractivity contribution in [3.8, 4) is 0 Å². The van der Waals surface area contributed by atoms with E-state index >= 15 is 0 Å². The van der Waals surface area contributed by atoms with Crippen LogP contribution in [0.15, 0.2) is 4.99 Å². The molecule has 0 unspecified atom stereocenters. The fraction of sp³-hybridized carbons (Fsp3) is 0.938. The molecule has 6 nitrogen and oxygen atoms in total. The summed E-state index contributed by atoms with van der Waals surface area (Å²) in [6.45, 7) is 11.4. The lowest BCUT2D eigenvalue weighted by atomic mass is 9.90. The van der Waals surface area contributed by atoms with E-state index in [0.29, 0.717) is 18.9 Å². The third kappa shape index (κ3) is 16.8. The Hall–Kier alpha value is -0.0900. The number of nitrogens with one attached hydrogen (secondary N) is 2. The van der Waals surface area contributed by atoms with Crippen LogP contribution in [-0.4, -0.2) is 59.7 Å². The molecule has 24 heavy (non-hydrogen) atoms. The highest BCUT2D eigenvalue weighted by atomic mass is 127. The van der Waals surface area contributed by atoms with E-state index < -0.39 is 9.84 Å². The summed E-state index contributed by atoms with van der Waals surface area (Å²) in [5.74, 6) is 1.51. The van der Waals surface area contributed by atoms with E-state index in [1.54, 1.807) is 7.05 Å². The lowest BCUT2D eigenvalue weighted by Gasteiger charge is -2.25. The van der Waals surface area contributed by atoms with Gasteiger partial charge in [-0.15, -0.1) is 24.0 Å². The highest BCUT2D eigenvalue weighted by molar-refractivity contribution is 14.0. The van der Waals surface area contributed by atoms with Crippen LogP contribution in [0.3, 0.4) is 0 Å². The smallest absolute Gasteiger partial charge is 0.190 e. The molecule has 0 atom stereocenters. The molecule has 0 aromatic carbocycles. The average molecular weight is 477 g/mol. The van der Waals surface area contributed by atoms with Gasteiger partial charge in [0.05, 0.1) is 5.75 Å². The number of aliphatic imine (C=N–C) groups is 1. The molecule has 0 aliphatic rings. The van der Waals surface area contributed by atoms with Gasteiger partial charge in [-0.25, -0.2) is 8.42 Å². The van der Waals surface area contributed by atoms with E-state index in [2.05, 4.69) is 43.3 Å². The van der Waals surface area contributed by atoms with Crippen molar-refractivity contribution in [3.63, 3.8) is 0 Å². The van der Waals surface area contributed by atoms with Gasteiger partial charge in [-0.05, 0) is 24.2 Å². The quantitative estimate of drug-likeness (QED) is 0.207. The molecule has 0 saturated carbocycles. The molecule has 0 aliphatic heterocycles. The highest BCUT2D eigenvalue weighted by Crippen LogP contribution is 2.19. The number of nitrogens with zero attached hydrogens (tertiary/aromatic N) is 1. The van der Waals surface area contributed by atoms with E-state index in [1.807, 2.05) is 0 Å². The molecule has 0 saturated heterocycles. The first-order chi connectivity index (χ1) is 10.6. The molecule has 0 aromatic rings. The Balaban J connectivity index is 0. The van der Waals surface area contributed by atoms with E-state index in [-0.39, 0.29) is 35.1 Å². The Kier molecular flexibility index (Phi) is 14.3. The highest BCUT2D eigenvalue weighted by Gasteiger charge is 2.20. The van der Waals surface area contributed by atoms with Crippen LogP contribution in [0.1, 0.15) is 40.5 Å². The summed E-state index contributed by atoms with van der Waals surface area (Å²) in [4.78, 5) is 4.18. The zero-order valence-corrected chi connectivity index (χ0v) is 19.2. The van der Waals surface area contributed by atoms with E-state index in [4.69, 9.17) is 4.74 Å². The van der Waals surface area contributed by atoms with Crippen molar-refractivity contribution in [3.05, 3.63) is 0 Å². The number of hydrogen-bond donors (Lipinski definition) is 2. The minimum atomic E-state index is -2.92. The van der Waals surface area contributed by atoms with Gasteiger partial charge in [-0.2, -0.15) is 0 Å². The second-order valence-corrected chi connectivity index (χ2v) is 9.48. The second-order valence-electron chi connectivity index (χ2n) is 7.22. The van der Waals surface area contributed by atoms with Crippen LogP contribution >= 0.6 is 24.0 Å². The van der Waals surface area contributed by atoms with Gasteiger partial charge < -0.3 is 15.4 Å². The normalized spacial score (nSPS) is 12.9. The lowest BCUT2D eigenvalue weighted by Crippen LogP contribution is -2.42. The van der Waals surface area contributed by atoms with Gasteiger partial charge in [0, 0.05) is 39.6 Å². The summed E-state index contributed by atoms with van der Waals surface area (Å²) in [6, 6.07) is 0. The Bertz CT molecular complexity index is 451. The van der Waals surface area contributed by atoms with Crippen molar-refractivity contribution in [1.29, 1.82) is 0 Å². The van der Waals surface area contributed by atoms with Crippen molar-refractivity contribution < 1.29 is 13.2 Å². The molecule has 0 aliphatic carbocycles. The summed E-state index contributed by atoms with van der Waals surface area (Å²) in [5.41, 5.74) is -0.110. The fourth-order valence-corrected chi connectivity index (χ4v) is 2.72. The van der Waals surface area contributed by atoms with Gasteiger partial charge in [0.15, 0.2) is 5.96 Å². The minimum Gasteiger partial charge on any atom is -0.381 e. The van der Waals surface area contributed by atoms with Crippen LogP contribution in [-0.2, 0) is 14.6 Å². The van der Waals surface area contributed by atoms with Crippen molar-refractivity contribution in [2.45, 2.75) is 40.5 Å². The Morgan fingerprint density at radius 2 is 1.88 bits per heavy atom. The molecule has 8 heteroatoms. The molecule has 0 fully saturated rings. The van der Waals surface area contributed by atoms with Crippen LogP contribution in [0, 0.1) is 11.3 Å². The summed E-state index contributed by atoms with van der Waals surface area (Å²) in [6.07, 6.45) is 2.82. The van der Waals surface area contributed by atoms with E-state index in [0.717, 1.165) is 32.1 Å². The average Bonchev–Trinajstić information content (AvgIpc) is 2.43. The topological polar surface area (TPSA) is 79.8 Å². The Labute approximate surface area is 165 Å². The maximum absolute atomic E-state index is 11.3. The zero-order chi connectivity index (χ0) is 17.9. The van der Waals surface area contributed by atoms with Crippen LogP contribution in [0.5, 0.6) is 0 Å². The first-order valence-electron chi connectivity index (χ1n) is 8.26. The van der Waals surface area contributed by atoms with Crippen molar-refractivity contribution in [1.82, 2.24) is 10.6 Å². The fourth-order valence-electron chi connectivity index (χ4n) is 1.79. The maximum Gasteiger partial charge on any atom is 0.190 e. The molecule has 0 radical (unpaired) electrons. The molecule has 2 N–H and O–H groups in total. The lowest BCUT2D eigenvalue weighted by molar-refractivity contribution is 0.108. The molecule has 0 rings (SSSR count). The number of hydrogen-bond acceptors (Lipinski definition) is 4. The standard InChI is InChI=1S/C16H35N3O3S.HI/c1-14(2)12-22-10-7-9-18-15(17-5)19-13-16(3,4)8-11-23(6,20)21;/h14H,7-13H2,1-6H3,(H2,17,18,19);1H. The molecule has 0 spiro atoms. The predicted molar refractivity (Wildman–Crippen MR) is 113 cm³/mol. The van der Waals surface area contributed by atoms with Crippen LogP contribution in [0.2, 0.25) is 0 Å². The molecule has 0 amide bonds. The molecular weight excluding hydrogens is 441 g/mol. The van der Waals surface area contributed by atoms with Gasteiger partial charge in [0.25, 0.3) is 0 Å². The van der Waals surface area contributed by atoms with E-state index in [9.17, 15) is 8.42 Å². The summed E-state index contributed by atoms with van der Waals surface area (Å²) in [7, 11) is -1.19. The summed E-state index contributed by atoms with van der Waals surface area (Å²) < 4.78 is 28.1. The van der Waals surface area contributed by atoms with Gasteiger partial charge in [0.1, 0.15) is 9.84 Å². The Morgan fingerprint density at radius 3 is 2.38 bits per heavy atom. The van der Waals surface area contributed by atoms with Crippen molar-refractivity contribution in [2.75, 3.05) is 45.4 Å². The zero-order valence-electron chi connectivity index (χ0n) is 16.0. The third-order valence-corrected chi connectivity index (χ3v) is 4.26. The van der Waals surface area contributed by atoms with Gasteiger partial charge in [-0.1, -0.05) is 27.7 Å². The predicted octanol–water partition coefficient (Wildman–Crippen LogP) is 2.29. The molecular formula is C16H36IN3O3S. The molecule has 0 aromatic heterocycles. The summed E-state index contributed by atoms with van der Waals surface area (Å²) >= 11 is 0. The SMILES string of the molecule is CN=C(NCCCOCC(C)C)NCC(C)(C)CCS(C)(=O)=O.I. The number of rotatable bonds is 11. The van der Waals surface area contributed by atoms with Crippen molar-refractivity contribution in [2.24, 2.45) is 16.3 Å². The van der Waals surface area contributed by atoms with Gasteiger partial charge in [-0.3, -0.25) is 4.99 Å². The Morgan fingerprint density at radius 1 is 1.25 bits per heavy atom. The van der Waals surface area contributed by atoms with Crippen molar-refractivity contribution >= 4 is 39.8 Å². The largest absolute Gasteiger partial charge is 0.381 e. The van der Waals surface area contributed by atoms with Crippen LogP contribution < -0.4 is 10.6 Å². The number of sulfone groups is 1. The number of ether oxygens (including phenoxy) is 1. The van der Waals surface area contributed by atoms with Crippen LogP contribution in [0.25, 0.3) is 0 Å². The molecule has 0 bridgehead atoms. The summed E-state index contributed by atoms with van der Waals surface area (Å²) in [5, 5.41) is 6.50. The number of halogens is 1. The first kappa shape index (κ1) is 26.1. The van der Waals surface area contributed by atoms with E-state index in [1.165, 1.54) is 6.26 Å². The number of guanidine groups is 1. The van der Waals surface area contributed by atoms with Gasteiger partial charge >= 0.3 is 0 Å². The van der Waals surface area contributed by atoms with Gasteiger partial charge in [0.2, 0.25) is 0 Å². The monoisotopic (exact) mass is 477 g/mol. The molecule has 146 valence electrons. The molecule has 0 heterocycles.